The lowest BCUT2D eigenvalue weighted by molar-refractivity contribution is -0.133. The first-order valence-electron chi connectivity index (χ1n) is 8.70. The molecule has 0 radical (unpaired) electrons. The van der Waals surface area contributed by atoms with Crippen molar-refractivity contribution < 1.29 is 9.47 Å². The molecule has 1 saturated heterocycles. The summed E-state index contributed by atoms with van der Waals surface area (Å²) in [6.07, 6.45) is 3.71. The zero-order valence-electron chi connectivity index (χ0n) is 14.9. The SMILES string of the molecule is CCOC1CC(NC(=NC)NCC2(C)COC2)C1(CC)CC. The van der Waals surface area contributed by atoms with E-state index < -0.39 is 0 Å². The summed E-state index contributed by atoms with van der Waals surface area (Å²) in [4.78, 5) is 4.39. The highest BCUT2D eigenvalue weighted by Crippen LogP contribution is 2.48. The minimum atomic E-state index is 0.233. The molecule has 0 amide bonds. The molecule has 0 spiro atoms. The van der Waals surface area contributed by atoms with E-state index in [9.17, 15) is 0 Å². The number of aliphatic imine (C=N–C) groups is 1. The van der Waals surface area contributed by atoms with Crippen LogP contribution < -0.4 is 10.6 Å². The molecule has 1 heterocycles. The Labute approximate surface area is 135 Å². The minimum absolute atomic E-state index is 0.233. The Morgan fingerprint density at radius 2 is 1.95 bits per heavy atom. The second kappa shape index (κ2) is 7.18. The molecule has 0 aromatic rings. The zero-order valence-corrected chi connectivity index (χ0v) is 14.9. The second-order valence-electron chi connectivity index (χ2n) is 7.05. The van der Waals surface area contributed by atoms with E-state index in [0.29, 0.717) is 12.1 Å². The predicted octanol–water partition coefficient (Wildman–Crippen LogP) is 2.17. The van der Waals surface area contributed by atoms with Crippen molar-refractivity contribution in [2.75, 3.05) is 33.4 Å². The highest BCUT2D eigenvalue weighted by atomic mass is 16.5. The van der Waals surface area contributed by atoms with Gasteiger partial charge in [-0.15, -0.1) is 0 Å². The Hall–Kier alpha value is -0.810. The van der Waals surface area contributed by atoms with Crippen LogP contribution in [-0.4, -0.2) is 51.5 Å². The van der Waals surface area contributed by atoms with Crippen LogP contribution in [0, 0.1) is 10.8 Å². The molecular weight excluding hydrogens is 278 g/mol. The molecule has 1 aliphatic heterocycles. The standard InChI is InChI=1S/C17H33N3O2/c1-6-17(7-2)13(9-14(17)22-8-3)20-15(18-5)19-10-16(4)11-21-12-16/h13-14H,6-12H2,1-5H3,(H2,18,19,20). The van der Waals surface area contributed by atoms with Crippen molar-refractivity contribution in [1.29, 1.82) is 0 Å². The molecule has 2 rings (SSSR count). The Bertz CT molecular complexity index is 389. The molecule has 2 N–H and O–H groups in total. The Balaban J connectivity index is 1.90. The van der Waals surface area contributed by atoms with Crippen LogP contribution in [0.5, 0.6) is 0 Å². The summed E-state index contributed by atoms with van der Waals surface area (Å²) < 4.78 is 11.3. The first-order valence-corrected chi connectivity index (χ1v) is 8.70. The molecule has 22 heavy (non-hydrogen) atoms. The first kappa shape index (κ1) is 17.5. The Morgan fingerprint density at radius 1 is 1.27 bits per heavy atom. The van der Waals surface area contributed by atoms with Gasteiger partial charge in [0.25, 0.3) is 0 Å². The van der Waals surface area contributed by atoms with Crippen molar-refractivity contribution in [1.82, 2.24) is 10.6 Å². The molecule has 0 bridgehead atoms. The second-order valence-corrected chi connectivity index (χ2v) is 7.05. The van der Waals surface area contributed by atoms with E-state index in [0.717, 1.165) is 51.6 Å². The van der Waals surface area contributed by atoms with Gasteiger partial charge in [0.2, 0.25) is 0 Å². The van der Waals surface area contributed by atoms with Crippen molar-refractivity contribution in [2.24, 2.45) is 15.8 Å². The summed E-state index contributed by atoms with van der Waals surface area (Å²) >= 11 is 0. The van der Waals surface area contributed by atoms with Crippen molar-refractivity contribution in [2.45, 2.75) is 59.1 Å². The fourth-order valence-electron chi connectivity index (χ4n) is 3.79. The Morgan fingerprint density at radius 3 is 2.41 bits per heavy atom. The summed E-state index contributed by atoms with van der Waals surface area (Å²) in [5.74, 6) is 0.902. The Kier molecular flexibility index (Phi) is 5.72. The molecule has 128 valence electrons. The largest absolute Gasteiger partial charge is 0.380 e. The van der Waals surface area contributed by atoms with E-state index in [1.807, 2.05) is 7.05 Å². The van der Waals surface area contributed by atoms with Crippen LogP contribution in [-0.2, 0) is 9.47 Å². The third kappa shape index (κ3) is 3.25. The smallest absolute Gasteiger partial charge is 0.191 e. The summed E-state index contributed by atoms with van der Waals surface area (Å²) in [6.45, 7) is 12.2. The topological polar surface area (TPSA) is 54.9 Å². The van der Waals surface area contributed by atoms with Gasteiger partial charge in [-0.25, -0.2) is 0 Å². The average molecular weight is 311 g/mol. The fourth-order valence-corrected chi connectivity index (χ4v) is 3.79. The third-order valence-corrected chi connectivity index (χ3v) is 5.59. The van der Waals surface area contributed by atoms with Crippen LogP contribution in [0.2, 0.25) is 0 Å². The van der Waals surface area contributed by atoms with Crippen molar-refractivity contribution >= 4 is 5.96 Å². The number of hydrogen-bond donors (Lipinski definition) is 2. The monoisotopic (exact) mass is 311 g/mol. The zero-order chi connectivity index (χ0) is 16.2. The summed E-state index contributed by atoms with van der Waals surface area (Å²) in [7, 11) is 1.84. The average Bonchev–Trinajstić information content (AvgIpc) is 2.49. The highest BCUT2D eigenvalue weighted by Gasteiger charge is 2.53. The van der Waals surface area contributed by atoms with Gasteiger partial charge in [-0.2, -0.15) is 0 Å². The van der Waals surface area contributed by atoms with Crippen molar-refractivity contribution in [3.63, 3.8) is 0 Å². The number of rotatable bonds is 7. The van der Waals surface area contributed by atoms with E-state index in [4.69, 9.17) is 9.47 Å². The van der Waals surface area contributed by atoms with Gasteiger partial charge in [-0.1, -0.05) is 20.8 Å². The molecule has 0 aromatic carbocycles. The van der Waals surface area contributed by atoms with Crippen LogP contribution in [0.4, 0.5) is 0 Å². The highest BCUT2D eigenvalue weighted by molar-refractivity contribution is 5.80. The number of guanidine groups is 1. The van der Waals surface area contributed by atoms with Gasteiger partial charge >= 0.3 is 0 Å². The van der Waals surface area contributed by atoms with E-state index in [2.05, 4.69) is 43.3 Å². The third-order valence-electron chi connectivity index (χ3n) is 5.59. The van der Waals surface area contributed by atoms with Gasteiger partial charge in [0, 0.05) is 37.1 Å². The van der Waals surface area contributed by atoms with Gasteiger partial charge in [0.15, 0.2) is 5.96 Å². The fraction of sp³-hybridized carbons (Fsp3) is 0.941. The predicted molar refractivity (Wildman–Crippen MR) is 90.3 cm³/mol. The van der Waals surface area contributed by atoms with Crippen LogP contribution in [0.25, 0.3) is 0 Å². The molecule has 5 nitrogen and oxygen atoms in total. The maximum atomic E-state index is 5.94. The van der Waals surface area contributed by atoms with Gasteiger partial charge in [0.1, 0.15) is 0 Å². The summed E-state index contributed by atoms with van der Waals surface area (Å²) in [5.41, 5.74) is 0.481. The molecule has 2 atom stereocenters. The molecule has 5 heteroatoms. The lowest BCUT2D eigenvalue weighted by Crippen LogP contribution is -2.66. The van der Waals surface area contributed by atoms with Gasteiger partial charge in [-0.3, -0.25) is 4.99 Å². The van der Waals surface area contributed by atoms with Crippen LogP contribution in [0.3, 0.4) is 0 Å². The van der Waals surface area contributed by atoms with Crippen molar-refractivity contribution in [3.05, 3.63) is 0 Å². The van der Waals surface area contributed by atoms with Crippen LogP contribution in [0.15, 0.2) is 4.99 Å². The van der Waals surface area contributed by atoms with Gasteiger partial charge in [-0.05, 0) is 26.2 Å². The number of nitrogens with zero attached hydrogens (tertiary/aromatic N) is 1. The minimum Gasteiger partial charge on any atom is -0.380 e. The van der Waals surface area contributed by atoms with Gasteiger partial charge < -0.3 is 20.1 Å². The summed E-state index contributed by atoms with van der Waals surface area (Å²) in [5, 5.41) is 7.08. The molecule has 2 fully saturated rings. The lowest BCUT2D eigenvalue weighted by atomic mass is 9.58. The maximum Gasteiger partial charge on any atom is 0.191 e. The van der Waals surface area contributed by atoms with E-state index in [1.165, 1.54) is 0 Å². The molecule has 1 saturated carbocycles. The molecule has 0 aromatic heterocycles. The normalized spacial score (nSPS) is 29.4. The quantitative estimate of drug-likeness (QED) is 0.559. The van der Waals surface area contributed by atoms with E-state index in [1.54, 1.807) is 0 Å². The number of nitrogens with one attached hydrogen (secondary N) is 2. The van der Waals surface area contributed by atoms with Crippen molar-refractivity contribution in [3.8, 4) is 0 Å². The van der Waals surface area contributed by atoms with Crippen LogP contribution in [0.1, 0.15) is 47.0 Å². The van der Waals surface area contributed by atoms with Crippen LogP contribution >= 0.6 is 0 Å². The maximum absolute atomic E-state index is 5.94. The molecule has 2 aliphatic rings. The first-order chi connectivity index (χ1) is 10.5. The number of hydrogen-bond acceptors (Lipinski definition) is 3. The molecule has 2 unspecified atom stereocenters. The van der Waals surface area contributed by atoms with E-state index >= 15 is 0 Å². The van der Waals surface area contributed by atoms with E-state index in [-0.39, 0.29) is 10.8 Å². The molecule has 1 aliphatic carbocycles. The van der Waals surface area contributed by atoms with Gasteiger partial charge in [0.05, 0.1) is 19.3 Å². The number of ether oxygens (including phenoxy) is 2. The lowest BCUT2D eigenvalue weighted by Gasteiger charge is -2.55. The molecular formula is C17H33N3O2. The summed E-state index contributed by atoms with van der Waals surface area (Å²) in [6, 6.07) is 0.440.